The van der Waals surface area contributed by atoms with Gasteiger partial charge in [-0.2, -0.15) is 0 Å². The molecule has 0 radical (unpaired) electrons. The fourth-order valence-electron chi connectivity index (χ4n) is 1.75. The molecule has 0 spiro atoms. The van der Waals surface area contributed by atoms with Crippen molar-refractivity contribution in [2.45, 2.75) is 6.92 Å². The highest BCUT2D eigenvalue weighted by atomic mass is 19.1. The van der Waals surface area contributed by atoms with Gasteiger partial charge in [0.05, 0.1) is 7.11 Å². The maximum atomic E-state index is 13.1. The third-order valence-corrected chi connectivity index (χ3v) is 2.77. The topological polar surface area (TPSA) is 61.5 Å². The van der Waals surface area contributed by atoms with Crippen molar-refractivity contribution in [3.8, 4) is 11.5 Å². The quantitative estimate of drug-likeness (QED) is 0.689. The fraction of sp³-hybridized carbons (Fsp3) is 0.133. The molecule has 0 heterocycles. The standard InChI is InChI=1S/C15H14FNO3/c1-9-7-10(16)3-5-13(9)20-14-6-4-11(17)8-12(14)15(18)19-2/h3-8H,17H2,1-2H3. The van der Waals surface area contributed by atoms with Gasteiger partial charge in [0.2, 0.25) is 0 Å². The molecule has 0 fully saturated rings. The van der Waals surface area contributed by atoms with Crippen molar-refractivity contribution < 1.29 is 18.7 Å². The SMILES string of the molecule is COC(=O)c1cc(N)ccc1Oc1ccc(F)cc1C. The van der Waals surface area contributed by atoms with Crippen molar-refractivity contribution in [1.82, 2.24) is 0 Å². The minimum Gasteiger partial charge on any atom is -0.465 e. The van der Waals surface area contributed by atoms with Crippen LogP contribution in [-0.2, 0) is 4.74 Å². The van der Waals surface area contributed by atoms with E-state index in [1.54, 1.807) is 19.1 Å². The second kappa shape index (κ2) is 5.61. The van der Waals surface area contributed by atoms with Crippen LogP contribution in [0.15, 0.2) is 36.4 Å². The van der Waals surface area contributed by atoms with Gasteiger partial charge in [-0.3, -0.25) is 0 Å². The summed E-state index contributed by atoms with van der Waals surface area (Å²) in [5.74, 6) is -0.130. The third kappa shape index (κ3) is 2.88. The highest BCUT2D eigenvalue weighted by Crippen LogP contribution is 2.30. The van der Waals surface area contributed by atoms with E-state index in [2.05, 4.69) is 4.74 Å². The number of esters is 1. The Balaban J connectivity index is 2.40. The first kappa shape index (κ1) is 13.9. The van der Waals surface area contributed by atoms with Crippen molar-refractivity contribution in [2.24, 2.45) is 0 Å². The average molecular weight is 275 g/mol. The van der Waals surface area contributed by atoms with Crippen LogP contribution in [0.5, 0.6) is 11.5 Å². The second-order valence-corrected chi connectivity index (χ2v) is 4.26. The lowest BCUT2D eigenvalue weighted by molar-refractivity contribution is 0.0598. The predicted octanol–water partition coefficient (Wildman–Crippen LogP) is 3.30. The number of nitrogens with two attached hydrogens (primary N) is 1. The zero-order valence-corrected chi connectivity index (χ0v) is 11.1. The van der Waals surface area contributed by atoms with Gasteiger partial charge >= 0.3 is 5.97 Å². The summed E-state index contributed by atoms with van der Waals surface area (Å²) < 4.78 is 23.4. The van der Waals surface area contributed by atoms with E-state index in [-0.39, 0.29) is 11.4 Å². The van der Waals surface area contributed by atoms with Crippen molar-refractivity contribution in [1.29, 1.82) is 0 Å². The summed E-state index contributed by atoms with van der Waals surface area (Å²) in [6, 6.07) is 8.80. The van der Waals surface area contributed by atoms with Crippen LogP contribution in [-0.4, -0.2) is 13.1 Å². The van der Waals surface area contributed by atoms with E-state index in [1.165, 1.54) is 31.4 Å². The number of carbonyl (C=O) groups excluding carboxylic acids is 1. The molecule has 2 rings (SSSR count). The summed E-state index contributed by atoms with van der Waals surface area (Å²) in [6.45, 7) is 1.72. The number of hydrogen-bond acceptors (Lipinski definition) is 4. The van der Waals surface area contributed by atoms with Crippen molar-refractivity contribution in [2.75, 3.05) is 12.8 Å². The molecule has 5 heteroatoms. The molecule has 20 heavy (non-hydrogen) atoms. The van der Waals surface area contributed by atoms with Crippen molar-refractivity contribution in [3.05, 3.63) is 53.3 Å². The number of rotatable bonds is 3. The van der Waals surface area contributed by atoms with Gasteiger partial charge in [-0.05, 0) is 48.9 Å². The molecule has 0 atom stereocenters. The molecule has 2 aromatic carbocycles. The molecule has 0 aliphatic heterocycles. The average Bonchev–Trinajstić information content (AvgIpc) is 2.42. The van der Waals surface area contributed by atoms with Gasteiger partial charge in [-0.25, -0.2) is 9.18 Å². The number of hydrogen-bond donors (Lipinski definition) is 1. The Morgan fingerprint density at radius 2 is 1.85 bits per heavy atom. The molecule has 2 aromatic rings. The molecule has 0 aromatic heterocycles. The van der Waals surface area contributed by atoms with Gasteiger partial charge < -0.3 is 15.2 Å². The minimum atomic E-state index is -0.549. The molecule has 2 N–H and O–H groups in total. The molecule has 0 aliphatic rings. The summed E-state index contributed by atoms with van der Waals surface area (Å²) in [7, 11) is 1.28. The van der Waals surface area contributed by atoms with E-state index in [0.29, 0.717) is 22.7 Å². The van der Waals surface area contributed by atoms with Crippen LogP contribution >= 0.6 is 0 Å². The van der Waals surface area contributed by atoms with Crippen LogP contribution in [0.3, 0.4) is 0 Å². The number of ether oxygens (including phenoxy) is 2. The minimum absolute atomic E-state index is 0.219. The maximum Gasteiger partial charge on any atom is 0.341 e. The van der Waals surface area contributed by atoms with E-state index in [1.807, 2.05) is 0 Å². The Morgan fingerprint density at radius 1 is 1.15 bits per heavy atom. The Kier molecular flexibility index (Phi) is 3.89. The molecule has 0 unspecified atom stereocenters. The fourth-order valence-corrected chi connectivity index (χ4v) is 1.75. The highest BCUT2D eigenvalue weighted by Gasteiger charge is 2.15. The van der Waals surface area contributed by atoms with Crippen LogP contribution < -0.4 is 10.5 Å². The van der Waals surface area contributed by atoms with Gasteiger partial charge in [-0.15, -0.1) is 0 Å². The summed E-state index contributed by atoms with van der Waals surface area (Å²) in [6.07, 6.45) is 0. The Labute approximate surface area is 115 Å². The number of nitrogen functional groups attached to an aromatic ring is 1. The van der Waals surface area contributed by atoms with E-state index >= 15 is 0 Å². The lowest BCUT2D eigenvalue weighted by Gasteiger charge is -2.12. The summed E-state index contributed by atoms with van der Waals surface area (Å²) >= 11 is 0. The van der Waals surface area contributed by atoms with Crippen LogP contribution in [0.25, 0.3) is 0 Å². The Morgan fingerprint density at radius 3 is 2.50 bits per heavy atom. The molecular weight excluding hydrogens is 261 g/mol. The predicted molar refractivity (Wildman–Crippen MR) is 73.4 cm³/mol. The molecule has 0 bridgehead atoms. The molecule has 0 aliphatic carbocycles. The number of anilines is 1. The van der Waals surface area contributed by atoms with E-state index in [4.69, 9.17) is 10.5 Å². The molecule has 104 valence electrons. The maximum absolute atomic E-state index is 13.1. The Hall–Kier alpha value is -2.56. The molecule has 4 nitrogen and oxygen atoms in total. The van der Waals surface area contributed by atoms with Gasteiger partial charge in [0.15, 0.2) is 0 Å². The largest absolute Gasteiger partial charge is 0.465 e. The first-order chi connectivity index (χ1) is 9.51. The zero-order chi connectivity index (χ0) is 14.7. The van der Waals surface area contributed by atoms with Crippen LogP contribution in [0, 0.1) is 12.7 Å². The number of benzene rings is 2. The smallest absolute Gasteiger partial charge is 0.341 e. The summed E-state index contributed by atoms with van der Waals surface area (Å²) in [4.78, 5) is 11.7. The highest BCUT2D eigenvalue weighted by molar-refractivity contribution is 5.93. The van der Waals surface area contributed by atoms with Crippen molar-refractivity contribution >= 4 is 11.7 Å². The zero-order valence-electron chi connectivity index (χ0n) is 11.1. The molecule has 0 saturated heterocycles. The van der Waals surface area contributed by atoms with E-state index in [0.717, 1.165) is 0 Å². The number of aryl methyl sites for hydroxylation is 1. The van der Waals surface area contributed by atoms with Crippen LogP contribution in [0.1, 0.15) is 15.9 Å². The van der Waals surface area contributed by atoms with Crippen molar-refractivity contribution in [3.63, 3.8) is 0 Å². The van der Waals surface area contributed by atoms with Crippen LogP contribution in [0.4, 0.5) is 10.1 Å². The van der Waals surface area contributed by atoms with E-state index in [9.17, 15) is 9.18 Å². The molecule has 0 amide bonds. The van der Waals surface area contributed by atoms with Gasteiger partial charge in [0, 0.05) is 5.69 Å². The van der Waals surface area contributed by atoms with Gasteiger partial charge in [0.25, 0.3) is 0 Å². The molecule has 0 saturated carbocycles. The monoisotopic (exact) mass is 275 g/mol. The summed E-state index contributed by atoms with van der Waals surface area (Å²) in [5, 5.41) is 0. The van der Waals surface area contributed by atoms with Gasteiger partial charge in [-0.1, -0.05) is 0 Å². The normalized spacial score (nSPS) is 10.2. The lowest BCUT2D eigenvalue weighted by atomic mass is 10.1. The van der Waals surface area contributed by atoms with E-state index < -0.39 is 5.97 Å². The number of carbonyl (C=O) groups is 1. The first-order valence-corrected chi connectivity index (χ1v) is 5.93. The summed E-state index contributed by atoms with van der Waals surface area (Å²) in [5.41, 5.74) is 6.92. The second-order valence-electron chi connectivity index (χ2n) is 4.26. The molecular formula is C15H14FNO3. The number of halogens is 1. The third-order valence-electron chi connectivity index (χ3n) is 2.77. The lowest BCUT2D eigenvalue weighted by Crippen LogP contribution is -2.05. The number of methoxy groups -OCH3 is 1. The van der Waals surface area contributed by atoms with Crippen LogP contribution in [0.2, 0.25) is 0 Å². The van der Waals surface area contributed by atoms with Gasteiger partial charge in [0.1, 0.15) is 22.9 Å². The Bertz CT molecular complexity index is 656. The first-order valence-electron chi connectivity index (χ1n) is 5.93.